The van der Waals surface area contributed by atoms with Crippen LogP contribution in [0.4, 0.5) is 0 Å². The van der Waals surface area contributed by atoms with Crippen LogP contribution in [0.25, 0.3) is 11.0 Å². The second-order valence-electron chi connectivity index (χ2n) is 5.58. The minimum atomic E-state index is 0.216. The number of nitrogens with one attached hydrogen (secondary N) is 1. The van der Waals surface area contributed by atoms with Crippen LogP contribution in [-0.4, -0.2) is 35.9 Å². The molecule has 4 heteroatoms. The van der Waals surface area contributed by atoms with Gasteiger partial charge < -0.3 is 14.6 Å². The molecule has 0 saturated carbocycles. The number of aryl methyl sites for hydroxylation is 2. The Balaban J connectivity index is 2.13. The van der Waals surface area contributed by atoms with Crippen molar-refractivity contribution in [2.24, 2.45) is 0 Å². The number of piperidine rings is 1. The highest BCUT2D eigenvalue weighted by Gasteiger charge is 2.29. The molecule has 1 N–H and O–H groups in total. The van der Waals surface area contributed by atoms with Crippen molar-refractivity contribution in [3.05, 3.63) is 29.6 Å². The number of hydrogen-bond donors (Lipinski definition) is 1. The minimum Gasteiger partial charge on any atom is -0.378 e. The van der Waals surface area contributed by atoms with E-state index >= 15 is 0 Å². The molecule has 1 aromatic carbocycles. The van der Waals surface area contributed by atoms with Crippen LogP contribution >= 0.6 is 0 Å². The summed E-state index contributed by atoms with van der Waals surface area (Å²) in [6.07, 6.45) is 2.26. The van der Waals surface area contributed by atoms with Crippen LogP contribution in [0.2, 0.25) is 0 Å². The van der Waals surface area contributed by atoms with E-state index in [4.69, 9.17) is 9.72 Å². The largest absolute Gasteiger partial charge is 0.378 e. The number of nitrogens with zero attached hydrogens (tertiary/aromatic N) is 2. The lowest BCUT2D eigenvalue weighted by atomic mass is 10.0. The van der Waals surface area contributed by atoms with E-state index in [1.54, 1.807) is 7.11 Å². The number of hydrogen-bond acceptors (Lipinski definition) is 3. The summed E-state index contributed by atoms with van der Waals surface area (Å²) in [6, 6.07) is 6.92. The van der Waals surface area contributed by atoms with Crippen LogP contribution in [0.15, 0.2) is 18.2 Å². The first kappa shape index (κ1) is 13.6. The molecule has 2 aromatic rings. The van der Waals surface area contributed by atoms with Gasteiger partial charge in [-0.3, -0.25) is 0 Å². The molecule has 20 heavy (non-hydrogen) atoms. The first-order chi connectivity index (χ1) is 9.74. The Hall–Kier alpha value is -1.39. The van der Waals surface area contributed by atoms with Gasteiger partial charge in [-0.2, -0.15) is 0 Å². The standard InChI is InChI=1S/C16H23N3O/c1-4-16-18-12-9-11(2)5-6-13(12)19(16)14-7-8-17-10-15(14)20-3/h5-6,9,14-15,17H,4,7-8,10H2,1-3H3. The second-order valence-corrected chi connectivity index (χ2v) is 5.58. The van der Waals surface area contributed by atoms with Gasteiger partial charge in [-0.1, -0.05) is 13.0 Å². The van der Waals surface area contributed by atoms with E-state index in [-0.39, 0.29) is 6.10 Å². The average Bonchev–Trinajstić information content (AvgIpc) is 2.84. The predicted octanol–water partition coefficient (Wildman–Crippen LogP) is 2.46. The third kappa shape index (κ3) is 2.23. The molecule has 1 saturated heterocycles. The summed E-state index contributed by atoms with van der Waals surface area (Å²) in [7, 11) is 1.81. The van der Waals surface area contributed by atoms with Crippen molar-refractivity contribution in [2.45, 2.75) is 38.8 Å². The van der Waals surface area contributed by atoms with E-state index in [2.05, 4.69) is 41.9 Å². The molecule has 3 rings (SSSR count). The number of fused-ring (bicyclic) bond motifs is 1. The lowest BCUT2D eigenvalue weighted by Crippen LogP contribution is -2.43. The normalized spacial score (nSPS) is 23.4. The van der Waals surface area contributed by atoms with Crippen molar-refractivity contribution >= 4 is 11.0 Å². The van der Waals surface area contributed by atoms with Crippen molar-refractivity contribution in [1.82, 2.24) is 14.9 Å². The lowest BCUT2D eigenvalue weighted by Gasteiger charge is -2.33. The fraction of sp³-hybridized carbons (Fsp3) is 0.562. The summed E-state index contributed by atoms with van der Waals surface area (Å²) in [5, 5.41) is 3.41. The van der Waals surface area contributed by atoms with Gasteiger partial charge in [0.2, 0.25) is 0 Å². The fourth-order valence-corrected chi connectivity index (χ4v) is 3.23. The molecule has 0 spiro atoms. The number of methoxy groups -OCH3 is 1. The van der Waals surface area contributed by atoms with Crippen LogP contribution in [0, 0.1) is 6.92 Å². The van der Waals surface area contributed by atoms with Crippen LogP contribution in [0.3, 0.4) is 0 Å². The Morgan fingerprint density at radius 1 is 1.45 bits per heavy atom. The van der Waals surface area contributed by atoms with Gasteiger partial charge in [-0.25, -0.2) is 4.98 Å². The van der Waals surface area contributed by atoms with Crippen molar-refractivity contribution in [3.8, 4) is 0 Å². The molecule has 108 valence electrons. The van der Waals surface area contributed by atoms with Crippen molar-refractivity contribution in [3.63, 3.8) is 0 Å². The van der Waals surface area contributed by atoms with Gasteiger partial charge in [0.1, 0.15) is 5.82 Å². The molecule has 2 atom stereocenters. The molecule has 1 aromatic heterocycles. The maximum atomic E-state index is 5.69. The predicted molar refractivity (Wildman–Crippen MR) is 81.2 cm³/mol. The Morgan fingerprint density at radius 2 is 2.30 bits per heavy atom. The Morgan fingerprint density at radius 3 is 3.05 bits per heavy atom. The fourth-order valence-electron chi connectivity index (χ4n) is 3.23. The van der Waals surface area contributed by atoms with Crippen LogP contribution in [0.1, 0.15) is 30.8 Å². The number of imidazole rings is 1. The molecule has 1 aliphatic heterocycles. The van der Waals surface area contributed by atoms with Gasteiger partial charge >= 0.3 is 0 Å². The number of benzene rings is 1. The molecule has 0 amide bonds. The molecule has 0 radical (unpaired) electrons. The lowest BCUT2D eigenvalue weighted by molar-refractivity contribution is 0.0395. The van der Waals surface area contributed by atoms with E-state index in [0.29, 0.717) is 6.04 Å². The van der Waals surface area contributed by atoms with Gasteiger partial charge in [0, 0.05) is 20.1 Å². The second kappa shape index (κ2) is 5.54. The maximum absolute atomic E-state index is 5.69. The first-order valence-corrected chi connectivity index (χ1v) is 7.45. The van der Waals surface area contributed by atoms with E-state index < -0.39 is 0 Å². The van der Waals surface area contributed by atoms with Crippen LogP contribution in [0.5, 0.6) is 0 Å². The smallest absolute Gasteiger partial charge is 0.109 e. The molecule has 2 unspecified atom stereocenters. The molecule has 2 heterocycles. The monoisotopic (exact) mass is 273 g/mol. The highest BCUT2D eigenvalue weighted by Crippen LogP contribution is 2.29. The summed E-state index contributed by atoms with van der Waals surface area (Å²) in [5.41, 5.74) is 3.61. The van der Waals surface area contributed by atoms with Crippen LogP contribution < -0.4 is 5.32 Å². The van der Waals surface area contributed by atoms with Crippen molar-refractivity contribution in [1.29, 1.82) is 0 Å². The Bertz CT molecular complexity index is 605. The maximum Gasteiger partial charge on any atom is 0.109 e. The van der Waals surface area contributed by atoms with Gasteiger partial charge in [-0.15, -0.1) is 0 Å². The zero-order valence-electron chi connectivity index (χ0n) is 12.5. The summed E-state index contributed by atoms with van der Waals surface area (Å²) >= 11 is 0. The molecule has 0 bridgehead atoms. The zero-order valence-corrected chi connectivity index (χ0v) is 12.5. The third-order valence-corrected chi connectivity index (χ3v) is 4.26. The molecule has 1 aliphatic rings. The van der Waals surface area contributed by atoms with E-state index in [1.165, 1.54) is 16.9 Å². The summed E-state index contributed by atoms with van der Waals surface area (Å²) in [4.78, 5) is 4.82. The van der Waals surface area contributed by atoms with Gasteiger partial charge in [0.15, 0.2) is 0 Å². The van der Waals surface area contributed by atoms with Gasteiger partial charge in [-0.05, 0) is 37.6 Å². The molecular formula is C16H23N3O. The number of rotatable bonds is 3. The van der Waals surface area contributed by atoms with Gasteiger partial charge in [0.25, 0.3) is 0 Å². The third-order valence-electron chi connectivity index (χ3n) is 4.26. The molecule has 1 fully saturated rings. The van der Waals surface area contributed by atoms with E-state index in [1.807, 2.05) is 0 Å². The van der Waals surface area contributed by atoms with Crippen LogP contribution in [-0.2, 0) is 11.2 Å². The summed E-state index contributed by atoms with van der Waals surface area (Å²) < 4.78 is 8.10. The molecule has 4 nitrogen and oxygen atoms in total. The molecule has 0 aliphatic carbocycles. The highest BCUT2D eigenvalue weighted by atomic mass is 16.5. The Labute approximate surface area is 120 Å². The SMILES string of the molecule is CCc1nc2cc(C)ccc2n1C1CCNCC1OC. The molecular weight excluding hydrogens is 250 g/mol. The van der Waals surface area contributed by atoms with E-state index in [9.17, 15) is 0 Å². The topological polar surface area (TPSA) is 39.1 Å². The van der Waals surface area contributed by atoms with E-state index in [0.717, 1.165) is 31.4 Å². The van der Waals surface area contributed by atoms with Crippen molar-refractivity contribution in [2.75, 3.05) is 20.2 Å². The summed E-state index contributed by atoms with van der Waals surface area (Å²) in [5.74, 6) is 1.17. The summed E-state index contributed by atoms with van der Waals surface area (Å²) in [6.45, 7) is 6.25. The number of ether oxygens (including phenoxy) is 1. The average molecular weight is 273 g/mol. The number of aromatic nitrogens is 2. The Kier molecular flexibility index (Phi) is 3.76. The highest BCUT2D eigenvalue weighted by molar-refractivity contribution is 5.77. The van der Waals surface area contributed by atoms with Crippen molar-refractivity contribution < 1.29 is 4.74 Å². The zero-order chi connectivity index (χ0) is 14.1. The first-order valence-electron chi connectivity index (χ1n) is 7.45. The van der Waals surface area contributed by atoms with Gasteiger partial charge in [0.05, 0.1) is 23.2 Å². The minimum absolute atomic E-state index is 0.216. The quantitative estimate of drug-likeness (QED) is 0.933.